The number of carbonyl (C=O) groups excluding carboxylic acids is 2. The smallest absolute Gasteiger partial charge is 0.282 e. The van der Waals surface area contributed by atoms with Gasteiger partial charge in [0.25, 0.3) is 11.8 Å². The van der Waals surface area contributed by atoms with E-state index in [1.807, 2.05) is 37.3 Å². The molecule has 0 spiro atoms. The molecule has 3 aromatic carbocycles. The lowest BCUT2D eigenvalue weighted by molar-refractivity contribution is -0.120. The molecule has 0 aromatic heterocycles. The molecule has 0 bridgehead atoms. The summed E-state index contributed by atoms with van der Waals surface area (Å²) in [5.74, 6) is -1.30. The summed E-state index contributed by atoms with van der Waals surface area (Å²) in [6, 6.07) is 20.6. The van der Waals surface area contributed by atoms with Gasteiger partial charge in [-0.15, -0.1) is 0 Å². The fourth-order valence-corrected chi connectivity index (χ4v) is 4.02. The van der Waals surface area contributed by atoms with Crippen molar-refractivity contribution >= 4 is 34.4 Å². The zero-order valence-corrected chi connectivity index (χ0v) is 18.9. The van der Waals surface area contributed by atoms with E-state index in [2.05, 4.69) is 24.1 Å². The van der Waals surface area contributed by atoms with Crippen molar-refractivity contribution in [3.63, 3.8) is 0 Å². The van der Waals surface area contributed by atoms with E-state index in [0.717, 1.165) is 29.2 Å². The molecule has 1 aliphatic heterocycles. The summed E-state index contributed by atoms with van der Waals surface area (Å²) in [5.41, 5.74) is 4.06. The van der Waals surface area contributed by atoms with Crippen molar-refractivity contribution in [1.82, 2.24) is 0 Å². The molecule has 3 aromatic rings. The van der Waals surface area contributed by atoms with Crippen LogP contribution in [0.15, 0.2) is 78.5 Å². The number of halogens is 1. The molecule has 1 N–H and O–H groups in total. The molecule has 5 nitrogen and oxygen atoms in total. The van der Waals surface area contributed by atoms with E-state index in [1.54, 1.807) is 18.2 Å². The van der Waals surface area contributed by atoms with Crippen LogP contribution in [0.5, 0.6) is 0 Å². The highest BCUT2D eigenvalue weighted by Crippen LogP contribution is 2.34. The summed E-state index contributed by atoms with van der Waals surface area (Å²) in [5, 5.41) is 3.16. The van der Waals surface area contributed by atoms with Gasteiger partial charge in [0.1, 0.15) is 11.5 Å². The first-order chi connectivity index (χ1) is 15.9. The SMILES string of the molecule is CCN(CC)c1ccc(NC2=C(c3ccc(F)cc3)C(=O)N(c3cccc(C)c3)C2=O)cc1. The third kappa shape index (κ3) is 4.37. The number of rotatable bonds is 7. The van der Waals surface area contributed by atoms with Crippen LogP contribution in [0.3, 0.4) is 0 Å². The van der Waals surface area contributed by atoms with Gasteiger partial charge in [-0.25, -0.2) is 9.29 Å². The molecular weight excluding hydrogens is 417 g/mol. The van der Waals surface area contributed by atoms with E-state index in [-0.39, 0.29) is 11.3 Å². The second-order valence-electron chi connectivity index (χ2n) is 7.89. The predicted molar refractivity (Wildman–Crippen MR) is 131 cm³/mol. The molecule has 0 unspecified atom stereocenters. The first-order valence-electron chi connectivity index (χ1n) is 11.0. The van der Waals surface area contributed by atoms with E-state index in [0.29, 0.717) is 16.9 Å². The van der Waals surface area contributed by atoms with Crippen molar-refractivity contribution in [3.05, 3.63) is 95.4 Å². The van der Waals surface area contributed by atoms with Gasteiger partial charge in [-0.3, -0.25) is 9.59 Å². The van der Waals surface area contributed by atoms with Crippen LogP contribution >= 0.6 is 0 Å². The molecule has 0 radical (unpaired) electrons. The molecule has 0 saturated heterocycles. The number of nitrogens with zero attached hydrogens (tertiary/aromatic N) is 2. The molecule has 168 valence electrons. The van der Waals surface area contributed by atoms with Crippen molar-refractivity contribution in [2.75, 3.05) is 28.2 Å². The van der Waals surface area contributed by atoms with Gasteiger partial charge in [0, 0.05) is 24.5 Å². The predicted octanol–water partition coefficient (Wildman–Crippen LogP) is 5.38. The molecule has 0 atom stereocenters. The standard InChI is InChI=1S/C27H26FN3O2/c1-4-30(5-2)22-15-13-21(14-16-22)29-25-24(19-9-11-20(28)12-10-19)26(32)31(27(25)33)23-8-6-7-18(3)17-23/h6-17,29H,4-5H2,1-3H3. The average Bonchev–Trinajstić information content (AvgIpc) is 3.05. The van der Waals surface area contributed by atoms with Crippen LogP contribution in [-0.2, 0) is 9.59 Å². The fraction of sp³-hybridized carbons (Fsp3) is 0.185. The second-order valence-corrected chi connectivity index (χ2v) is 7.89. The normalized spacial score (nSPS) is 13.6. The van der Waals surface area contributed by atoms with Gasteiger partial charge >= 0.3 is 0 Å². The molecule has 4 rings (SSSR count). The summed E-state index contributed by atoms with van der Waals surface area (Å²) in [4.78, 5) is 30.3. The molecule has 1 heterocycles. The first-order valence-corrected chi connectivity index (χ1v) is 11.0. The van der Waals surface area contributed by atoms with E-state index < -0.39 is 17.6 Å². The third-order valence-electron chi connectivity index (χ3n) is 5.74. The Bertz CT molecular complexity index is 1210. The average molecular weight is 444 g/mol. The van der Waals surface area contributed by atoms with Gasteiger partial charge in [0.05, 0.1) is 11.3 Å². The molecular formula is C27H26FN3O2. The Kier molecular flexibility index (Phi) is 6.27. The highest BCUT2D eigenvalue weighted by molar-refractivity contribution is 6.46. The maximum Gasteiger partial charge on any atom is 0.282 e. The summed E-state index contributed by atoms with van der Waals surface area (Å²) < 4.78 is 13.5. The molecule has 2 amide bonds. The Morgan fingerprint density at radius 3 is 2.15 bits per heavy atom. The summed E-state index contributed by atoms with van der Waals surface area (Å²) in [6.07, 6.45) is 0. The van der Waals surface area contributed by atoms with Gasteiger partial charge in [-0.05, 0) is 80.4 Å². The van der Waals surface area contributed by atoms with Crippen molar-refractivity contribution in [3.8, 4) is 0 Å². The highest BCUT2D eigenvalue weighted by Gasteiger charge is 2.40. The van der Waals surface area contributed by atoms with E-state index in [4.69, 9.17) is 0 Å². The Labute approximate surface area is 193 Å². The minimum Gasteiger partial charge on any atom is -0.372 e. The number of anilines is 3. The van der Waals surface area contributed by atoms with Crippen LogP contribution in [0.4, 0.5) is 21.5 Å². The summed E-state index contributed by atoms with van der Waals surface area (Å²) in [7, 11) is 0. The lowest BCUT2D eigenvalue weighted by atomic mass is 10.0. The maximum atomic E-state index is 13.5. The molecule has 1 aliphatic rings. The summed E-state index contributed by atoms with van der Waals surface area (Å²) in [6.45, 7) is 7.87. The van der Waals surface area contributed by atoms with Gasteiger partial charge in [0.15, 0.2) is 0 Å². The quantitative estimate of drug-likeness (QED) is 0.499. The third-order valence-corrected chi connectivity index (χ3v) is 5.74. The van der Waals surface area contributed by atoms with E-state index in [9.17, 15) is 14.0 Å². The topological polar surface area (TPSA) is 52.7 Å². The Hall–Kier alpha value is -3.93. The number of amides is 2. The van der Waals surface area contributed by atoms with Crippen LogP contribution in [0.2, 0.25) is 0 Å². The van der Waals surface area contributed by atoms with Gasteiger partial charge in [-0.1, -0.05) is 24.3 Å². The van der Waals surface area contributed by atoms with Crippen molar-refractivity contribution in [1.29, 1.82) is 0 Å². The second kappa shape index (κ2) is 9.28. The van der Waals surface area contributed by atoms with Gasteiger partial charge in [-0.2, -0.15) is 0 Å². The number of nitrogens with one attached hydrogen (secondary N) is 1. The molecule has 33 heavy (non-hydrogen) atoms. The number of carbonyl (C=O) groups is 2. The van der Waals surface area contributed by atoms with Crippen molar-refractivity contribution < 1.29 is 14.0 Å². The summed E-state index contributed by atoms with van der Waals surface area (Å²) >= 11 is 0. The highest BCUT2D eigenvalue weighted by atomic mass is 19.1. The first kappa shape index (κ1) is 22.3. The Morgan fingerprint density at radius 1 is 0.879 bits per heavy atom. The zero-order chi connectivity index (χ0) is 23.5. The van der Waals surface area contributed by atoms with Crippen molar-refractivity contribution in [2.24, 2.45) is 0 Å². The van der Waals surface area contributed by atoms with Gasteiger partial charge < -0.3 is 10.2 Å². The molecule has 0 fully saturated rings. The Morgan fingerprint density at radius 2 is 1.55 bits per heavy atom. The zero-order valence-electron chi connectivity index (χ0n) is 18.9. The van der Waals surface area contributed by atoms with Crippen LogP contribution in [0.1, 0.15) is 25.0 Å². The van der Waals surface area contributed by atoms with Crippen LogP contribution in [-0.4, -0.2) is 24.9 Å². The van der Waals surface area contributed by atoms with E-state index in [1.165, 1.54) is 24.3 Å². The maximum absolute atomic E-state index is 13.5. The van der Waals surface area contributed by atoms with Crippen LogP contribution in [0.25, 0.3) is 5.57 Å². The van der Waals surface area contributed by atoms with Crippen molar-refractivity contribution in [2.45, 2.75) is 20.8 Å². The fourth-order valence-electron chi connectivity index (χ4n) is 4.02. The minimum absolute atomic E-state index is 0.170. The number of hydrogen-bond donors (Lipinski definition) is 1. The van der Waals surface area contributed by atoms with E-state index >= 15 is 0 Å². The monoisotopic (exact) mass is 443 g/mol. The largest absolute Gasteiger partial charge is 0.372 e. The minimum atomic E-state index is -0.447. The molecule has 0 aliphatic carbocycles. The van der Waals surface area contributed by atoms with Crippen LogP contribution < -0.4 is 15.1 Å². The molecule has 6 heteroatoms. The number of imide groups is 1. The lowest BCUT2D eigenvalue weighted by Gasteiger charge is -2.21. The van der Waals surface area contributed by atoms with Gasteiger partial charge in [0.2, 0.25) is 0 Å². The van der Waals surface area contributed by atoms with Crippen LogP contribution in [0, 0.1) is 12.7 Å². The number of benzene rings is 3. The molecule has 0 saturated carbocycles. The number of hydrogen-bond acceptors (Lipinski definition) is 4. The Balaban J connectivity index is 1.74. The number of aryl methyl sites for hydroxylation is 1. The lowest BCUT2D eigenvalue weighted by Crippen LogP contribution is -2.32.